The van der Waals surface area contributed by atoms with Gasteiger partial charge in [0.2, 0.25) is 11.7 Å². The molecule has 1 saturated carbocycles. The zero-order valence-corrected chi connectivity index (χ0v) is 12.9. The lowest BCUT2D eigenvalue weighted by atomic mass is 9.96. The van der Waals surface area contributed by atoms with Crippen LogP contribution in [0.25, 0.3) is 0 Å². The summed E-state index contributed by atoms with van der Waals surface area (Å²) in [6, 6.07) is 0.611. The molecule has 114 valence electrons. The van der Waals surface area contributed by atoms with Crippen molar-refractivity contribution in [1.29, 1.82) is 0 Å². The van der Waals surface area contributed by atoms with E-state index in [4.69, 9.17) is 9.26 Å². The van der Waals surface area contributed by atoms with Gasteiger partial charge >= 0.3 is 0 Å². The molecule has 0 unspecified atom stereocenters. The van der Waals surface area contributed by atoms with Crippen LogP contribution in [-0.2, 0) is 16.9 Å². The third-order valence-corrected chi connectivity index (χ3v) is 4.34. The summed E-state index contributed by atoms with van der Waals surface area (Å²) in [5.74, 6) is 1.35. The fourth-order valence-corrected chi connectivity index (χ4v) is 2.98. The summed E-state index contributed by atoms with van der Waals surface area (Å²) in [4.78, 5) is 4.54. The van der Waals surface area contributed by atoms with Crippen LogP contribution in [0.15, 0.2) is 4.52 Å². The van der Waals surface area contributed by atoms with Crippen LogP contribution >= 0.6 is 0 Å². The highest BCUT2D eigenvalue weighted by Gasteiger charge is 2.34. The van der Waals surface area contributed by atoms with Crippen LogP contribution in [0, 0.1) is 0 Å². The number of nitrogens with zero attached hydrogens (tertiary/aromatic N) is 2. The molecule has 0 bridgehead atoms. The van der Waals surface area contributed by atoms with Gasteiger partial charge in [-0.3, -0.25) is 0 Å². The third kappa shape index (κ3) is 3.38. The van der Waals surface area contributed by atoms with E-state index in [1.807, 2.05) is 6.92 Å². The molecule has 1 aromatic rings. The van der Waals surface area contributed by atoms with Crippen molar-refractivity contribution in [3.63, 3.8) is 0 Å². The van der Waals surface area contributed by atoms with Crippen LogP contribution in [0.5, 0.6) is 0 Å². The lowest BCUT2D eigenvalue weighted by Crippen LogP contribution is -2.30. The molecule has 0 atom stereocenters. The van der Waals surface area contributed by atoms with E-state index in [1.165, 1.54) is 25.7 Å². The van der Waals surface area contributed by atoms with Crippen molar-refractivity contribution in [2.24, 2.45) is 0 Å². The summed E-state index contributed by atoms with van der Waals surface area (Å²) in [6.07, 6.45) is 6.87. The van der Waals surface area contributed by atoms with Crippen molar-refractivity contribution < 1.29 is 9.26 Å². The maximum Gasteiger partial charge on any atom is 0.240 e. The SMILES string of the molecule is CCOC(CC)(CC)c1noc(CNC2CCCC2)n1. The van der Waals surface area contributed by atoms with Gasteiger partial charge in [0.25, 0.3) is 0 Å². The lowest BCUT2D eigenvalue weighted by Gasteiger charge is -2.27. The second-order valence-corrected chi connectivity index (χ2v) is 5.51. The number of aromatic nitrogens is 2. The fraction of sp³-hybridized carbons (Fsp3) is 0.867. The number of rotatable bonds is 8. The standard InChI is InChI=1S/C15H27N3O2/c1-4-15(5-2,19-6-3)14-17-13(20-18-14)11-16-12-9-7-8-10-12/h12,16H,4-11H2,1-3H3. The summed E-state index contributed by atoms with van der Waals surface area (Å²) in [5, 5.41) is 7.64. The maximum atomic E-state index is 5.90. The minimum Gasteiger partial charge on any atom is -0.367 e. The molecule has 20 heavy (non-hydrogen) atoms. The van der Waals surface area contributed by atoms with Crippen LogP contribution < -0.4 is 5.32 Å². The van der Waals surface area contributed by atoms with Gasteiger partial charge in [0.1, 0.15) is 5.60 Å². The Bertz CT molecular complexity index is 396. The molecular formula is C15H27N3O2. The molecule has 0 amide bonds. The molecule has 0 aromatic carbocycles. The zero-order valence-electron chi connectivity index (χ0n) is 12.9. The van der Waals surface area contributed by atoms with Crippen LogP contribution in [-0.4, -0.2) is 22.8 Å². The van der Waals surface area contributed by atoms with Crippen LogP contribution in [0.2, 0.25) is 0 Å². The van der Waals surface area contributed by atoms with Crippen LogP contribution in [0.1, 0.15) is 71.0 Å². The minimum absolute atomic E-state index is 0.399. The second-order valence-electron chi connectivity index (χ2n) is 5.51. The lowest BCUT2D eigenvalue weighted by molar-refractivity contribution is -0.0583. The molecule has 0 aliphatic heterocycles. The van der Waals surface area contributed by atoms with Gasteiger partial charge < -0.3 is 14.6 Å². The normalized spacial score (nSPS) is 16.9. The number of hydrogen-bond acceptors (Lipinski definition) is 5. The number of ether oxygens (including phenoxy) is 1. The summed E-state index contributed by atoms with van der Waals surface area (Å²) < 4.78 is 11.3. The molecular weight excluding hydrogens is 254 g/mol. The molecule has 1 heterocycles. The summed E-state index contributed by atoms with van der Waals surface area (Å²) >= 11 is 0. The Morgan fingerprint density at radius 3 is 2.55 bits per heavy atom. The van der Waals surface area contributed by atoms with Gasteiger partial charge in [-0.15, -0.1) is 0 Å². The molecule has 1 aliphatic rings. The molecule has 5 nitrogen and oxygen atoms in total. The highest BCUT2D eigenvalue weighted by Crippen LogP contribution is 2.30. The molecule has 0 radical (unpaired) electrons. The van der Waals surface area contributed by atoms with Gasteiger partial charge in [-0.05, 0) is 32.6 Å². The van der Waals surface area contributed by atoms with Gasteiger partial charge in [0, 0.05) is 12.6 Å². The van der Waals surface area contributed by atoms with E-state index in [0.29, 0.717) is 30.9 Å². The van der Waals surface area contributed by atoms with Gasteiger partial charge in [0.05, 0.1) is 6.54 Å². The molecule has 0 saturated heterocycles. The van der Waals surface area contributed by atoms with E-state index in [9.17, 15) is 0 Å². The average Bonchev–Trinajstić information content (AvgIpc) is 3.14. The van der Waals surface area contributed by atoms with Gasteiger partial charge in [-0.1, -0.05) is 31.8 Å². The predicted molar refractivity (Wildman–Crippen MR) is 77.3 cm³/mol. The van der Waals surface area contributed by atoms with E-state index in [0.717, 1.165) is 12.8 Å². The first-order valence-electron chi connectivity index (χ1n) is 7.94. The van der Waals surface area contributed by atoms with E-state index in [2.05, 4.69) is 29.3 Å². The van der Waals surface area contributed by atoms with Crippen molar-refractivity contribution >= 4 is 0 Å². The van der Waals surface area contributed by atoms with Gasteiger partial charge in [0.15, 0.2) is 0 Å². The first-order valence-corrected chi connectivity index (χ1v) is 7.94. The highest BCUT2D eigenvalue weighted by molar-refractivity contribution is 5.01. The maximum absolute atomic E-state index is 5.90. The Morgan fingerprint density at radius 2 is 1.95 bits per heavy atom. The highest BCUT2D eigenvalue weighted by atomic mass is 16.5. The summed E-state index contributed by atoms with van der Waals surface area (Å²) in [7, 11) is 0. The van der Waals surface area contributed by atoms with Crippen LogP contribution in [0.3, 0.4) is 0 Å². The Kier molecular flexibility index (Phi) is 5.54. The molecule has 1 aliphatic carbocycles. The first kappa shape index (κ1) is 15.4. The van der Waals surface area contributed by atoms with E-state index in [1.54, 1.807) is 0 Å². The number of nitrogens with one attached hydrogen (secondary N) is 1. The monoisotopic (exact) mass is 281 g/mol. The molecule has 0 spiro atoms. The van der Waals surface area contributed by atoms with Crippen molar-refractivity contribution in [1.82, 2.24) is 15.5 Å². The molecule has 5 heteroatoms. The largest absolute Gasteiger partial charge is 0.367 e. The fourth-order valence-electron chi connectivity index (χ4n) is 2.98. The summed E-state index contributed by atoms with van der Waals surface area (Å²) in [6.45, 7) is 7.53. The third-order valence-electron chi connectivity index (χ3n) is 4.34. The van der Waals surface area contributed by atoms with Crippen molar-refractivity contribution in [3.05, 3.63) is 11.7 Å². The Balaban J connectivity index is 1.98. The second kappa shape index (κ2) is 7.18. The van der Waals surface area contributed by atoms with Crippen LogP contribution in [0.4, 0.5) is 0 Å². The minimum atomic E-state index is -0.399. The average molecular weight is 281 g/mol. The smallest absolute Gasteiger partial charge is 0.240 e. The van der Waals surface area contributed by atoms with E-state index >= 15 is 0 Å². The van der Waals surface area contributed by atoms with Crippen molar-refractivity contribution in [2.75, 3.05) is 6.61 Å². The van der Waals surface area contributed by atoms with Crippen molar-refractivity contribution in [2.45, 2.75) is 77.5 Å². The number of hydrogen-bond donors (Lipinski definition) is 1. The Morgan fingerprint density at radius 1 is 1.25 bits per heavy atom. The zero-order chi connectivity index (χ0) is 14.4. The Hall–Kier alpha value is -0.940. The quantitative estimate of drug-likeness (QED) is 0.793. The molecule has 2 rings (SSSR count). The molecule has 1 N–H and O–H groups in total. The Labute approximate surface area is 121 Å². The van der Waals surface area contributed by atoms with E-state index < -0.39 is 5.60 Å². The molecule has 1 aromatic heterocycles. The first-order chi connectivity index (χ1) is 9.74. The topological polar surface area (TPSA) is 60.2 Å². The summed E-state index contributed by atoms with van der Waals surface area (Å²) in [5.41, 5.74) is -0.399. The van der Waals surface area contributed by atoms with Gasteiger partial charge in [-0.2, -0.15) is 4.98 Å². The van der Waals surface area contributed by atoms with Crippen molar-refractivity contribution in [3.8, 4) is 0 Å². The van der Waals surface area contributed by atoms with E-state index in [-0.39, 0.29) is 0 Å². The predicted octanol–water partition coefficient (Wildman–Crippen LogP) is 3.15. The molecule has 1 fully saturated rings. The van der Waals surface area contributed by atoms with Gasteiger partial charge in [-0.25, -0.2) is 0 Å².